The van der Waals surface area contributed by atoms with E-state index >= 15 is 0 Å². The third-order valence-corrected chi connectivity index (χ3v) is 3.72. The van der Waals surface area contributed by atoms with Crippen molar-refractivity contribution in [1.82, 2.24) is 4.90 Å². The lowest BCUT2D eigenvalue weighted by atomic mass is 10.2. The molecule has 4 heteroatoms. The summed E-state index contributed by atoms with van der Waals surface area (Å²) in [5, 5.41) is 3.30. The Morgan fingerprint density at radius 2 is 1.80 bits per heavy atom. The first-order valence-electron chi connectivity index (χ1n) is 6.46. The van der Waals surface area contributed by atoms with Gasteiger partial charge in [0, 0.05) is 23.2 Å². The smallest absolute Gasteiger partial charge is 0.123 e. The van der Waals surface area contributed by atoms with E-state index in [0.29, 0.717) is 6.54 Å². The van der Waals surface area contributed by atoms with Crippen molar-refractivity contribution < 1.29 is 4.39 Å². The monoisotopic (exact) mass is 336 g/mol. The van der Waals surface area contributed by atoms with Crippen molar-refractivity contribution in [3.8, 4) is 0 Å². The van der Waals surface area contributed by atoms with Crippen LogP contribution in [-0.4, -0.2) is 19.0 Å². The first-order valence-corrected chi connectivity index (χ1v) is 7.25. The third kappa shape index (κ3) is 4.32. The van der Waals surface area contributed by atoms with Gasteiger partial charge in [0.05, 0.1) is 0 Å². The van der Waals surface area contributed by atoms with Gasteiger partial charge in [-0.1, -0.05) is 28.1 Å². The van der Waals surface area contributed by atoms with Gasteiger partial charge in [-0.25, -0.2) is 4.39 Å². The molecule has 0 atom stereocenters. The van der Waals surface area contributed by atoms with E-state index in [0.717, 1.165) is 22.3 Å². The second kappa shape index (κ2) is 6.86. The average Bonchev–Trinajstić information content (AvgIpc) is 2.41. The fourth-order valence-electron chi connectivity index (χ4n) is 1.97. The molecule has 2 aromatic carbocycles. The molecule has 0 spiro atoms. The SMILES string of the molecule is CN(C)Cc1ccc(NCc2cc(F)ccc2Br)cc1. The molecule has 2 rings (SSSR count). The maximum Gasteiger partial charge on any atom is 0.123 e. The molecule has 0 bridgehead atoms. The zero-order valence-electron chi connectivity index (χ0n) is 11.7. The molecule has 0 fully saturated rings. The minimum absolute atomic E-state index is 0.216. The standard InChI is InChI=1S/C16H18BrFN2/c1-20(2)11-12-3-6-15(7-4-12)19-10-13-9-14(18)5-8-16(13)17/h3-9,19H,10-11H2,1-2H3. The van der Waals surface area contributed by atoms with E-state index in [1.807, 2.05) is 26.2 Å². The Morgan fingerprint density at radius 3 is 2.45 bits per heavy atom. The van der Waals surface area contributed by atoms with Crippen LogP contribution >= 0.6 is 15.9 Å². The Kier molecular flexibility index (Phi) is 5.15. The van der Waals surface area contributed by atoms with Crippen molar-refractivity contribution in [2.75, 3.05) is 19.4 Å². The number of benzene rings is 2. The van der Waals surface area contributed by atoms with Crippen LogP contribution in [0.3, 0.4) is 0 Å². The van der Waals surface area contributed by atoms with Crippen LogP contribution in [0.2, 0.25) is 0 Å². The summed E-state index contributed by atoms with van der Waals surface area (Å²) < 4.78 is 14.1. The summed E-state index contributed by atoms with van der Waals surface area (Å²) in [6.07, 6.45) is 0. The first-order chi connectivity index (χ1) is 9.54. The summed E-state index contributed by atoms with van der Waals surface area (Å²) in [5.41, 5.74) is 3.21. The van der Waals surface area contributed by atoms with Crippen molar-refractivity contribution in [3.05, 3.63) is 63.9 Å². The van der Waals surface area contributed by atoms with Gasteiger partial charge in [-0.3, -0.25) is 0 Å². The molecule has 2 nitrogen and oxygen atoms in total. The number of halogens is 2. The molecule has 106 valence electrons. The summed E-state index contributed by atoms with van der Waals surface area (Å²) in [6, 6.07) is 13.0. The Bertz CT molecular complexity index is 567. The van der Waals surface area contributed by atoms with Gasteiger partial charge in [-0.15, -0.1) is 0 Å². The van der Waals surface area contributed by atoms with Crippen molar-refractivity contribution in [3.63, 3.8) is 0 Å². The van der Waals surface area contributed by atoms with Gasteiger partial charge >= 0.3 is 0 Å². The number of rotatable bonds is 5. The quantitative estimate of drug-likeness (QED) is 0.877. The minimum atomic E-state index is -0.216. The molecule has 0 saturated heterocycles. The van der Waals surface area contributed by atoms with Crippen LogP contribution in [0.1, 0.15) is 11.1 Å². The van der Waals surface area contributed by atoms with Gasteiger partial charge in [0.25, 0.3) is 0 Å². The molecule has 0 aliphatic carbocycles. The highest BCUT2D eigenvalue weighted by Gasteiger charge is 2.02. The highest BCUT2D eigenvalue weighted by atomic mass is 79.9. The van der Waals surface area contributed by atoms with Crippen LogP contribution < -0.4 is 5.32 Å². The molecule has 2 aromatic rings. The molecule has 0 unspecified atom stereocenters. The van der Waals surface area contributed by atoms with Crippen LogP contribution in [0, 0.1) is 5.82 Å². The number of anilines is 1. The topological polar surface area (TPSA) is 15.3 Å². The van der Waals surface area contributed by atoms with Crippen LogP contribution in [0.25, 0.3) is 0 Å². The first kappa shape index (κ1) is 15.0. The maximum absolute atomic E-state index is 13.2. The molecule has 0 aliphatic heterocycles. The fraction of sp³-hybridized carbons (Fsp3) is 0.250. The predicted octanol–water partition coefficient (Wildman–Crippen LogP) is 4.26. The lowest BCUT2D eigenvalue weighted by Crippen LogP contribution is -2.10. The molecule has 0 aliphatic rings. The average molecular weight is 337 g/mol. The van der Waals surface area contributed by atoms with E-state index < -0.39 is 0 Å². The molecule has 1 N–H and O–H groups in total. The van der Waals surface area contributed by atoms with E-state index in [1.54, 1.807) is 6.07 Å². The Hall–Kier alpha value is -1.39. The molecular weight excluding hydrogens is 319 g/mol. The van der Waals surface area contributed by atoms with Gasteiger partial charge in [0.2, 0.25) is 0 Å². The minimum Gasteiger partial charge on any atom is -0.381 e. The number of hydrogen-bond acceptors (Lipinski definition) is 2. The Balaban J connectivity index is 1.98. The lowest BCUT2D eigenvalue weighted by molar-refractivity contribution is 0.402. The Morgan fingerprint density at radius 1 is 1.10 bits per heavy atom. The lowest BCUT2D eigenvalue weighted by Gasteiger charge is -2.11. The summed E-state index contributed by atoms with van der Waals surface area (Å²) in [4.78, 5) is 2.13. The summed E-state index contributed by atoms with van der Waals surface area (Å²) in [6.45, 7) is 1.51. The second-order valence-corrected chi connectivity index (χ2v) is 5.88. The van der Waals surface area contributed by atoms with Gasteiger partial charge < -0.3 is 10.2 Å². The van der Waals surface area contributed by atoms with Gasteiger partial charge in [-0.05, 0) is 55.6 Å². The van der Waals surface area contributed by atoms with Gasteiger partial charge in [0.15, 0.2) is 0 Å². The number of nitrogens with one attached hydrogen (secondary N) is 1. The molecule has 0 aromatic heterocycles. The summed E-state index contributed by atoms with van der Waals surface area (Å²) in [5.74, 6) is -0.216. The fourth-order valence-corrected chi connectivity index (χ4v) is 2.36. The molecule has 0 saturated carbocycles. The zero-order valence-corrected chi connectivity index (χ0v) is 13.2. The van der Waals surface area contributed by atoms with E-state index in [1.165, 1.54) is 17.7 Å². The van der Waals surface area contributed by atoms with Crippen LogP contribution in [0.15, 0.2) is 46.9 Å². The molecule has 20 heavy (non-hydrogen) atoms. The molecule has 0 heterocycles. The number of nitrogens with zero attached hydrogens (tertiary/aromatic N) is 1. The second-order valence-electron chi connectivity index (χ2n) is 5.02. The van der Waals surface area contributed by atoms with Crippen molar-refractivity contribution in [2.45, 2.75) is 13.1 Å². The van der Waals surface area contributed by atoms with Gasteiger partial charge in [-0.2, -0.15) is 0 Å². The van der Waals surface area contributed by atoms with Crippen LogP contribution in [-0.2, 0) is 13.1 Å². The van der Waals surface area contributed by atoms with Crippen LogP contribution in [0.4, 0.5) is 10.1 Å². The van der Waals surface area contributed by atoms with Gasteiger partial charge in [0.1, 0.15) is 5.82 Å². The maximum atomic E-state index is 13.2. The highest BCUT2D eigenvalue weighted by molar-refractivity contribution is 9.10. The zero-order chi connectivity index (χ0) is 14.5. The highest BCUT2D eigenvalue weighted by Crippen LogP contribution is 2.19. The largest absolute Gasteiger partial charge is 0.381 e. The van der Waals surface area contributed by atoms with Crippen molar-refractivity contribution in [2.24, 2.45) is 0 Å². The van der Waals surface area contributed by atoms with Crippen LogP contribution in [0.5, 0.6) is 0 Å². The molecule has 0 amide bonds. The summed E-state index contributed by atoms with van der Waals surface area (Å²) in [7, 11) is 4.10. The third-order valence-electron chi connectivity index (χ3n) is 2.94. The number of hydrogen-bond donors (Lipinski definition) is 1. The normalized spacial score (nSPS) is 10.8. The van der Waals surface area contributed by atoms with E-state index in [-0.39, 0.29) is 5.82 Å². The summed E-state index contributed by atoms with van der Waals surface area (Å²) >= 11 is 3.43. The molecule has 0 radical (unpaired) electrons. The molecular formula is C16H18BrFN2. The Labute approximate surface area is 127 Å². The van der Waals surface area contributed by atoms with Crippen molar-refractivity contribution >= 4 is 21.6 Å². The van der Waals surface area contributed by atoms with E-state index in [9.17, 15) is 4.39 Å². The predicted molar refractivity (Wildman–Crippen MR) is 85.3 cm³/mol. The van der Waals surface area contributed by atoms with Crippen molar-refractivity contribution in [1.29, 1.82) is 0 Å². The van der Waals surface area contributed by atoms with E-state index in [2.05, 4.69) is 38.3 Å². The van der Waals surface area contributed by atoms with E-state index in [4.69, 9.17) is 0 Å².